The van der Waals surface area contributed by atoms with E-state index >= 15 is 0 Å². The van der Waals surface area contributed by atoms with E-state index < -0.39 is 12.0 Å². The smallest absolute Gasteiger partial charge is 0.326 e. The largest absolute Gasteiger partial charge is 0.480 e. The average Bonchev–Trinajstić information content (AvgIpc) is 2.33. The molecule has 6 heteroatoms. The predicted octanol–water partition coefficient (Wildman–Crippen LogP) is 0.697. The van der Waals surface area contributed by atoms with Gasteiger partial charge in [0.05, 0.1) is 6.04 Å². The maximum absolute atomic E-state index is 12.0. The van der Waals surface area contributed by atoms with E-state index in [0.29, 0.717) is 12.3 Å². The first-order valence-electron chi connectivity index (χ1n) is 6.30. The molecular formula is C12H22N2O3S. The zero-order chi connectivity index (χ0) is 13.5. The van der Waals surface area contributed by atoms with E-state index in [9.17, 15) is 9.59 Å². The number of nitrogens with one attached hydrogen (secondary N) is 2. The molecule has 0 aliphatic carbocycles. The number of thioether (sulfide) groups is 1. The Bertz CT molecular complexity index is 299. The summed E-state index contributed by atoms with van der Waals surface area (Å²) in [6.07, 6.45) is 4.23. The molecule has 1 aliphatic heterocycles. The standard InChI is InChI=1S/C12H22N2O3S/c1-8-3-5-13-10(7-8)11(15)14-9(12(16)17)4-6-18-2/h8-10,13H,3-7H2,1-2H3,(H,14,15)(H,16,17). The molecule has 3 atom stereocenters. The minimum absolute atomic E-state index is 0.185. The van der Waals surface area contributed by atoms with E-state index in [1.807, 2.05) is 6.26 Å². The van der Waals surface area contributed by atoms with Crippen LogP contribution in [0.25, 0.3) is 0 Å². The van der Waals surface area contributed by atoms with Gasteiger partial charge in [0.2, 0.25) is 5.91 Å². The summed E-state index contributed by atoms with van der Waals surface area (Å²) >= 11 is 1.58. The summed E-state index contributed by atoms with van der Waals surface area (Å²) in [6.45, 7) is 2.94. The Morgan fingerprint density at radius 3 is 2.83 bits per heavy atom. The van der Waals surface area contributed by atoms with Crippen LogP contribution in [0.5, 0.6) is 0 Å². The predicted molar refractivity (Wildman–Crippen MR) is 72.8 cm³/mol. The normalized spacial score (nSPS) is 25.4. The fourth-order valence-corrected chi connectivity index (χ4v) is 2.54. The minimum atomic E-state index is -0.957. The number of hydrogen-bond donors (Lipinski definition) is 3. The van der Waals surface area contributed by atoms with Crippen LogP contribution in [0.4, 0.5) is 0 Å². The van der Waals surface area contributed by atoms with E-state index in [1.54, 1.807) is 11.8 Å². The number of carbonyl (C=O) groups is 2. The summed E-state index contributed by atoms with van der Waals surface area (Å²) in [5.74, 6) is 0.0962. The second kappa shape index (κ2) is 7.63. The first-order valence-corrected chi connectivity index (χ1v) is 7.69. The van der Waals surface area contributed by atoms with Crippen molar-refractivity contribution in [1.29, 1.82) is 0 Å². The van der Waals surface area contributed by atoms with Crippen molar-refractivity contribution in [2.45, 2.75) is 38.3 Å². The molecule has 0 radical (unpaired) electrons. The Labute approximate surface area is 112 Å². The van der Waals surface area contributed by atoms with Crippen LogP contribution in [-0.2, 0) is 9.59 Å². The van der Waals surface area contributed by atoms with E-state index in [0.717, 1.165) is 25.1 Å². The SMILES string of the molecule is CSCCC(NC(=O)C1CC(C)CCN1)C(=O)O. The molecule has 0 aromatic rings. The molecule has 5 nitrogen and oxygen atoms in total. The molecule has 1 rings (SSSR count). The van der Waals surface area contributed by atoms with Crippen molar-refractivity contribution < 1.29 is 14.7 Å². The summed E-state index contributed by atoms with van der Waals surface area (Å²) < 4.78 is 0. The van der Waals surface area contributed by atoms with Crippen molar-refractivity contribution in [3.05, 3.63) is 0 Å². The van der Waals surface area contributed by atoms with Crippen molar-refractivity contribution >= 4 is 23.6 Å². The Morgan fingerprint density at radius 1 is 1.56 bits per heavy atom. The molecule has 0 bridgehead atoms. The molecule has 0 aromatic carbocycles. The van der Waals surface area contributed by atoms with Crippen LogP contribution in [0.2, 0.25) is 0 Å². The Morgan fingerprint density at radius 2 is 2.28 bits per heavy atom. The van der Waals surface area contributed by atoms with Gasteiger partial charge >= 0.3 is 5.97 Å². The highest BCUT2D eigenvalue weighted by Gasteiger charge is 2.28. The van der Waals surface area contributed by atoms with Crippen molar-refractivity contribution in [2.75, 3.05) is 18.6 Å². The molecule has 1 amide bonds. The van der Waals surface area contributed by atoms with Gasteiger partial charge in [-0.2, -0.15) is 11.8 Å². The molecule has 1 heterocycles. The van der Waals surface area contributed by atoms with Crippen molar-refractivity contribution in [2.24, 2.45) is 5.92 Å². The highest BCUT2D eigenvalue weighted by molar-refractivity contribution is 7.98. The van der Waals surface area contributed by atoms with Crippen LogP contribution in [0, 0.1) is 5.92 Å². The molecule has 3 unspecified atom stereocenters. The Balaban J connectivity index is 2.46. The second-order valence-electron chi connectivity index (χ2n) is 4.82. The number of amides is 1. The van der Waals surface area contributed by atoms with Crippen LogP contribution in [0.15, 0.2) is 0 Å². The number of rotatable bonds is 6. The monoisotopic (exact) mass is 274 g/mol. The molecular weight excluding hydrogens is 252 g/mol. The van der Waals surface area contributed by atoms with Crippen molar-refractivity contribution in [3.8, 4) is 0 Å². The van der Waals surface area contributed by atoms with Gasteiger partial charge in [0.15, 0.2) is 0 Å². The lowest BCUT2D eigenvalue weighted by molar-refractivity contribution is -0.142. The number of carboxylic acid groups (broad SMARTS) is 1. The number of piperidine rings is 1. The molecule has 3 N–H and O–H groups in total. The third-order valence-corrected chi connectivity index (χ3v) is 3.85. The Hall–Kier alpha value is -0.750. The zero-order valence-corrected chi connectivity index (χ0v) is 11.8. The number of carbonyl (C=O) groups excluding carboxylic acids is 1. The summed E-state index contributed by atoms with van der Waals surface area (Å²) in [4.78, 5) is 23.0. The molecule has 1 saturated heterocycles. The average molecular weight is 274 g/mol. The number of aliphatic carboxylic acids is 1. The molecule has 0 aromatic heterocycles. The van der Waals surface area contributed by atoms with Gasteiger partial charge in [-0.25, -0.2) is 4.79 Å². The number of hydrogen-bond acceptors (Lipinski definition) is 4. The topological polar surface area (TPSA) is 78.4 Å². The molecule has 0 spiro atoms. The fourth-order valence-electron chi connectivity index (χ4n) is 2.07. The lowest BCUT2D eigenvalue weighted by Gasteiger charge is -2.28. The van der Waals surface area contributed by atoms with E-state index in [2.05, 4.69) is 17.6 Å². The molecule has 1 fully saturated rings. The quantitative estimate of drug-likeness (QED) is 0.664. The lowest BCUT2D eigenvalue weighted by atomic mass is 9.94. The molecule has 1 aliphatic rings. The van der Waals surface area contributed by atoms with Crippen LogP contribution in [0.3, 0.4) is 0 Å². The van der Waals surface area contributed by atoms with Crippen LogP contribution in [0.1, 0.15) is 26.2 Å². The van der Waals surface area contributed by atoms with E-state index in [1.165, 1.54) is 0 Å². The summed E-state index contributed by atoms with van der Waals surface area (Å²) in [5, 5.41) is 14.8. The third-order valence-electron chi connectivity index (χ3n) is 3.21. The number of carboxylic acids is 1. The summed E-state index contributed by atoms with van der Waals surface area (Å²) in [6, 6.07) is -1.02. The second-order valence-corrected chi connectivity index (χ2v) is 5.80. The van der Waals surface area contributed by atoms with Gasteiger partial charge < -0.3 is 15.7 Å². The third kappa shape index (κ3) is 4.86. The van der Waals surface area contributed by atoms with Crippen LogP contribution >= 0.6 is 11.8 Å². The van der Waals surface area contributed by atoms with E-state index in [-0.39, 0.29) is 11.9 Å². The first kappa shape index (κ1) is 15.3. The van der Waals surface area contributed by atoms with Crippen LogP contribution < -0.4 is 10.6 Å². The van der Waals surface area contributed by atoms with Crippen molar-refractivity contribution in [1.82, 2.24) is 10.6 Å². The van der Waals surface area contributed by atoms with Gasteiger partial charge in [0.1, 0.15) is 6.04 Å². The molecule has 0 saturated carbocycles. The van der Waals surface area contributed by atoms with Crippen molar-refractivity contribution in [3.63, 3.8) is 0 Å². The van der Waals surface area contributed by atoms with Gasteiger partial charge in [0.25, 0.3) is 0 Å². The minimum Gasteiger partial charge on any atom is -0.480 e. The molecule has 104 valence electrons. The van der Waals surface area contributed by atoms with E-state index in [4.69, 9.17) is 5.11 Å². The first-order chi connectivity index (χ1) is 8.54. The molecule has 18 heavy (non-hydrogen) atoms. The Kier molecular flexibility index (Phi) is 6.49. The summed E-state index contributed by atoms with van der Waals surface area (Å²) in [7, 11) is 0. The van der Waals surface area contributed by atoms with Gasteiger partial charge in [-0.1, -0.05) is 6.92 Å². The summed E-state index contributed by atoms with van der Waals surface area (Å²) in [5.41, 5.74) is 0. The zero-order valence-electron chi connectivity index (χ0n) is 10.9. The van der Waals surface area contributed by atoms with Gasteiger partial charge in [-0.05, 0) is 43.7 Å². The van der Waals surface area contributed by atoms with Gasteiger partial charge in [-0.15, -0.1) is 0 Å². The van der Waals surface area contributed by atoms with Crippen LogP contribution in [-0.4, -0.2) is 47.6 Å². The van der Waals surface area contributed by atoms with Gasteiger partial charge in [0, 0.05) is 0 Å². The maximum Gasteiger partial charge on any atom is 0.326 e. The highest BCUT2D eigenvalue weighted by Crippen LogP contribution is 2.15. The fraction of sp³-hybridized carbons (Fsp3) is 0.833. The lowest BCUT2D eigenvalue weighted by Crippen LogP contribution is -2.52. The highest BCUT2D eigenvalue weighted by atomic mass is 32.2. The maximum atomic E-state index is 12.0. The van der Waals surface area contributed by atoms with Gasteiger partial charge in [-0.3, -0.25) is 4.79 Å².